The van der Waals surface area contributed by atoms with Crippen LogP contribution in [0.1, 0.15) is 33.4 Å². The summed E-state index contributed by atoms with van der Waals surface area (Å²) in [6.07, 6.45) is 0. The van der Waals surface area contributed by atoms with Crippen molar-refractivity contribution in [2.75, 3.05) is 13.2 Å². The Labute approximate surface area is 144 Å². The van der Waals surface area contributed by atoms with Gasteiger partial charge in [-0.2, -0.15) is 21.0 Å². The Hall–Kier alpha value is -3.68. The topological polar surface area (TPSA) is 114 Å². The Morgan fingerprint density at radius 1 is 0.600 bits per heavy atom. The molecule has 6 nitrogen and oxygen atoms in total. The van der Waals surface area contributed by atoms with E-state index in [1.807, 2.05) is 24.3 Å². The normalized spacial score (nSPS) is 14.7. The summed E-state index contributed by atoms with van der Waals surface area (Å²) < 4.78 is 11.7. The minimum atomic E-state index is -1.36. The number of rotatable bonds is 2. The molecule has 0 aliphatic carbocycles. The molecule has 1 fully saturated rings. The van der Waals surface area contributed by atoms with Crippen LogP contribution in [0.4, 0.5) is 0 Å². The van der Waals surface area contributed by atoms with Crippen molar-refractivity contribution in [1.82, 2.24) is 0 Å². The maximum Gasteiger partial charge on any atom is 0.222 e. The fourth-order valence-corrected chi connectivity index (χ4v) is 2.81. The number of hydrogen-bond donors (Lipinski definition) is 0. The van der Waals surface area contributed by atoms with Gasteiger partial charge in [0.05, 0.1) is 59.7 Å². The Morgan fingerprint density at radius 2 is 0.920 bits per heavy atom. The van der Waals surface area contributed by atoms with Gasteiger partial charge in [0.2, 0.25) is 5.79 Å². The van der Waals surface area contributed by atoms with Gasteiger partial charge < -0.3 is 9.47 Å². The highest BCUT2D eigenvalue weighted by Crippen LogP contribution is 2.39. The first-order valence-electron chi connectivity index (χ1n) is 7.34. The van der Waals surface area contributed by atoms with Crippen molar-refractivity contribution in [2.24, 2.45) is 0 Å². The molecule has 1 heterocycles. The third kappa shape index (κ3) is 2.80. The maximum absolute atomic E-state index is 9.22. The minimum Gasteiger partial charge on any atom is -0.340 e. The number of ether oxygens (including phenoxy) is 2. The highest BCUT2D eigenvalue weighted by atomic mass is 16.7. The van der Waals surface area contributed by atoms with E-state index in [1.165, 1.54) is 12.1 Å². The van der Waals surface area contributed by atoms with Crippen molar-refractivity contribution < 1.29 is 9.47 Å². The molecule has 3 rings (SSSR count). The lowest BCUT2D eigenvalue weighted by atomic mass is 9.92. The van der Waals surface area contributed by atoms with Crippen molar-refractivity contribution in [1.29, 1.82) is 21.0 Å². The van der Waals surface area contributed by atoms with E-state index in [1.54, 1.807) is 24.3 Å². The molecular formula is C19H10N4O2. The molecule has 1 aliphatic heterocycles. The Bertz CT molecular complexity index is 868. The fraction of sp³-hybridized carbons (Fsp3) is 0.158. The first kappa shape index (κ1) is 16.2. The summed E-state index contributed by atoms with van der Waals surface area (Å²) in [6.45, 7) is 0.606. The summed E-state index contributed by atoms with van der Waals surface area (Å²) in [6, 6.07) is 17.3. The highest BCUT2D eigenvalue weighted by molar-refractivity contribution is 5.50. The average Bonchev–Trinajstić information content (AvgIpc) is 3.18. The van der Waals surface area contributed by atoms with Crippen molar-refractivity contribution in [3.05, 3.63) is 69.8 Å². The van der Waals surface area contributed by atoms with Gasteiger partial charge in [0.1, 0.15) is 0 Å². The number of benzene rings is 2. The van der Waals surface area contributed by atoms with Crippen LogP contribution >= 0.6 is 0 Å². The zero-order valence-electron chi connectivity index (χ0n) is 13.0. The van der Waals surface area contributed by atoms with Gasteiger partial charge in [-0.05, 0) is 36.4 Å². The van der Waals surface area contributed by atoms with Crippen LogP contribution in [0.2, 0.25) is 0 Å². The average molecular weight is 326 g/mol. The molecule has 0 unspecified atom stereocenters. The third-order valence-corrected chi connectivity index (χ3v) is 3.84. The van der Waals surface area contributed by atoms with Crippen LogP contribution in [0.25, 0.3) is 0 Å². The van der Waals surface area contributed by atoms with E-state index in [0.29, 0.717) is 46.6 Å². The molecule has 0 bridgehead atoms. The summed E-state index contributed by atoms with van der Waals surface area (Å²) in [4.78, 5) is 0. The van der Waals surface area contributed by atoms with Gasteiger partial charge in [0.15, 0.2) is 0 Å². The summed E-state index contributed by atoms with van der Waals surface area (Å²) in [5.41, 5.74) is 2.13. The quantitative estimate of drug-likeness (QED) is 0.837. The van der Waals surface area contributed by atoms with E-state index >= 15 is 0 Å². The lowest BCUT2D eigenvalue weighted by molar-refractivity contribution is -0.129. The first-order valence-corrected chi connectivity index (χ1v) is 7.34. The van der Waals surface area contributed by atoms with Crippen molar-refractivity contribution >= 4 is 0 Å². The van der Waals surface area contributed by atoms with Gasteiger partial charge in [-0.25, -0.2) is 0 Å². The number of nitrogens with zero attached hydrogens (tertiary/aromatic N) is 4. The van der Waals surface area contributed by atoms with Gasteiger partial charge in [-0.15, -0.1) is 0 Å². The van der Waals surface area contributed by atoms with Crippen molar-refractivity contribution in [2.45, 2.75) is 5.79 Å². The standard InChI is InChI=1S/C19H10N4O2/c20-9-13-3-14(10-21)6-17(5-13)19(24-1-2-25-19)18-7-15(11-22)4-16(8-18)12-23/h3-8H,1-2H2. The van der Waals surface area contributed by atoms with Crippen LogP contribution in [-0.4, -0.2) is 13.2 Å². The molecule has 0 aromatic heterocycles. The van der Waals surface area contributed by atoms with E-state index in [4.69, 9.17) is 9.47 Å². The van der Waals surface area contributed by atoms with E-state index in [9.17, 15) is 21.0 Å². The number of hydrogen-bond acceptors (Lipinski definition) is 6. The van der Waals surface area contributed by atoms with Gasteiger partial charge in [-0.1, -0.05) is 0 Å². The maximum atomic E-state index is 9.22. The largest absolute Gasteiger partial charge is 0.340 e. The molecule has 0 N–H and O–H groups in total. The summed E-state index contributed by atoms with van der Waals surface area (Å²) in [7, 11) is 0. The van der Waals surface area contributed by atoms with Crippen LogP contribution in [0.5, 0.6) is 0 Å². The molecule has 6 heteroatoms. The predicted molar refractivity (Wildman–Crippen MR) is 84.4 cm³/mol. The summed E-state index contributed by atoms with van der Waals surface area (Å²) in [5, 5.41) is 36.9. The zero-order valence-corrected chi connectivity index (χ0v) is 13.0. The molecule has 0 saturated carbocycles. The minimum absolute atomic E-state index is 0.296. The second-order valence-corrected chi connectivity index (χ2v) is 5.36. The molecule has 118 valence electrons. The molecule has 1 saturated heterocycles. The van der Waals surface area contributed by atoms with Gasteiger partial charge in [0.25, 0.3) is 0 Å². The first-order chi connectivity index (χ1) is 12.1. The number of nitriles is 4. The monoisotopic (exact) mass is 326 g/mol. The summed E-state index contributed by atoms with van der Waals surface area (Å²) >= 11 is 0. The van der Waals surface area contributed by atoms with Gasteiger partial charge in [0, 0.05) is 11.1 Å². The van der Waals surface area contributed by atoms with Gasteiger partial charge in [-0.3, -0.25) is 0 Å². The van der Waals surface area contributed by atoms with E-state index in [0.717, 1.165) is 0 Å². The molecular weight excluding hydrogens is 316 g/mol. The molecule has 0 amide bonds. The molecule has 1 aliphatic rings. The second kappa shape index (κ2) is 6.44. The molecule has 0 spiro atoms. The molecule has 2 aromatic rings. The Balaban J connectivity index is 2.27. The Morgan fingerprint density at radius 3 is 1.20 bits per heavy atom. The van der Waals surface area contributed by atoms with Crippen molar-refractivity contribution in [3.63, 3.8) is 0 Å². The second-order valence-electron chi connectivity index (χ2n) is 5.36. The van der Waals surface area contributed by atoms with E-state index in [2.05, 4.69) is 0 Å². The van der Waals surface area contributed by atoms with Crippen LogP contribution < -0.4 is 0 Å². The summed E-state index contributed by atoms with van der Waals surface area (Å²) in [5.74, 6) is -1.36. The van der Waals surface area contributed by atoms with Crippen molar-refractivity contribution in [3.8, 4) is 24.3 Å². The predicted octanol–water partition coefficient (Wildman–Crippen LogP) is 2.42. The highest BCUT2D eigenvalue weighted by Gasteiger charge is 2.41. The van der Waals surface area contributed by atoms with Gasteiger partial charge >= 0.3 is 0 Å². The third-order valence-electron chi connectivity index (χ3n) is 3.84. The smallest absolute Gasteiger partial charge is 0.222 e. The van der Waals surface area contributed by atoms with Crippen LogP contribution in [0, 0.1) is 45.3 Å². The van der Waals surface area contributed by atoms with E-state index < -0.39 is 5.79 Å². The molecule has 0 atom stereocenters. The lowest BCUT2D eigenvalue weighted by Gasteiger charge is -2.29. The molecule has 0 radical (unpaired) electrons. The van der Waals surface area contributed by atoms with Crippen LogP contribution in [0.3, 0.4) is 0 Å². The lowest BCUT2D eigenvalue weighted by Crippen LogP contribution is -2.29. The molecule has 2 aromatic carbocycles. The van der Waals surface area contributed by atoms with E-state index in [-0.39, 0.29) is 0 Å². The SMILES string of the molecule is N#Cc1cc(C#N)cc(C2(c3cc(C#N)cc(C#N)c3)OCCO2)c1. The van der Waals surface area contributed by atoms with Crippen LogP contribution in [0.15, 0.2) is 36.4 Å². The fourth-order valence-electron chi connectivity index (χ4n) is 2.81. The Kier molecular flexibility index (Phi) is 4.17. The van der Waals surface area contributed by atoms with Crippen LogP contribution in [-0.2, 0) is 15.3 Å². The molecule has 25 heavy (non-hydrogen) atoms. The zero-order chi connectivity index (χ0) is 17.9.